The minimum Gasteiger partial charge on any atom is -0.497 e. The number of benzene rings is 1. The van der Waals surface area contributed by atoms with Crippen LogP contribution in [0.3, 0.4) is 0 Å². The summed E-state index contributed by atoms with van der Waals surface area (Å²) in [6.45, 7) is 12.0. The van der Waals surface area contributed by atoms with Gasteiger partial charge in [-0.05, 0) is 48.8 Å². The van der Waals surface area contributed by atoms with Crippen molar-refractivity contribution in [2.75, 3.05) is 7.11 Å². The lowest BCUT2D eigenvalue weighted by atomic mass is 9.78. The molecule has 0 spiro atoms. The SMILES string of the molecule is CCC[C@H]1O[C@@H]2C(C[C@H]1C)O[C@@H](CC(C)C)[C@H](OCc1ccc(OC)cc1)[C@H]2C. The Morgan fingerprint density at radius 3 is 2.41 bits per heavy atom. The molecule has 1 aromatic carbocycles. The quantitative estimate of drug-likeness (QED) is 0.563. The standard InChI is InChI=1S/C25H40O4/c1-7-8-21-17(4)14-23-25(29-21)18(5)24(22(28-23)13-16(2)3)27-15-19-9-11-20(26-6)12-10-19/h9-12,16-18,21-25H,7-8,13-15H2,1-6H3/t17-,18-,21-,22+,23?,24-,25+/m1/s1. The second kappa shape index (κ2) is 10.3. The number of fused-ring (bicyclic) bond motifs is 1. The Hall–Kier alpha value is -1.10. The van der Waals surface area contributed by atoms with Gasteiger partial charge in [0.1, 0.15) is 5.75 Å². The summed E-state index contributed by atoms with van der Waals surface area (Å²) < 4.78 is 25.0. The average molecular weight is 405 g/mol. The molecule has 164 valence electrons. The van der Waals surface area contributed by atoms with Crippen LogP contribution in [0.5, 0.6) is 5.75 Å². The van der Waals surface area contributed by atoms with E-state index in [9.17, 15) is 0 Å². The van der Waals surface area contributed by atoms with Crippen molar-refractivity contribution in [1.29, 1.82) is 0 Å². The van der Waals surface area contributed by atoms with Crippen LogP contribution in [0, 0.1) is 17.8 Å². The van der Waals surface area contributed by atoms with Gasteiger partial charge in [0.05, 0.1) is 44.2 Å². The third kappa shape index (κ3) is 5.53. The van der Waals surface area contributed by atoms with Crippen molar-refractivity contribution in [2.24, 2.45) is 17.8 Å². The molecule has 0 aliphatic carbocycles. The molecule has 4 nitrogen and oxygen atoms in total. The van der Waals surface area contributed by atoms with Crippen molar-refractivity contribution >= 4 is 0 Å². The van der Waals surface area contributed by atoms with Crippen molar-refractivity contribution < 1.29 is 18.9 Å². The number of rotatable bonds is 8. The maximum Gasteiger partial charge on any atom is 0.118 e. The second-order valence-corrected chi connectivity index (χ2v) is 9.47. The minimum absolute atomic E-state index is 0.0523. The summed E-state index contributed by atoms with van der Waals surface area (Å²) >= 11 is 0. The monoisotopic (exact) mass is 404 g/mol. The van der Waals surface area contributed by atoms with E-state index in [1.54, 1.807) is 7.11 Å². The third-order valence-electron chi connectivity index (χ3n) is 6.57. The number of hydrogen-bond acceptors (Lipinski definition) is 4. The van der Waals surface area contributed by atoms with Crippen LogP contribution in [0.1, 0.15) is 65.9 Å². The Labute approximate surface area is 177 Å². The Morgan fingerprint density at radius 2 is 1.79 bits per heavy atom. The summed E-state index contributed by atoms with van der Waals surface area (Å²) in [4.78, 5) is 0. The molecule has 0 bridgehead atoms. The van der Waals surface area contributed by atoms with Gasteiger partial charge in [-0.25, -0.2) is 0 Å². The van der Waals surface area contributed by atoms with E-state index in [0.717, 1.165) is 37.0 Å². The first-order chi connectivity index (χ1) is 13.9. The van der Waals surface area contributed by atoms with Gasteiger partial charge in [-0.3, -0.25) is 0 Å². The predicted molar refractivity (Wildman–Crippen MR) is 116 cm³/mol. The first kappa shape index (κ1) is 22.6. The zero-order valence-electron chi connectivity index (χ0n) is 19.1. The number of ether oxygens (including phenoxy) is 4. The molecule has 0 amide bonds. The van der Waals surface area contributed by atoms with Crippen LogP contribution in [0.25, 0.3) is 0 Å². The van der Waals surface area contributed by atoms with Crippen LogP contribution in [0.4, 0.5) is 0 Å². The van der Waals surface area contributed by atoms with Crippen molar-refractivity contribution in [3.63, 3.8) is 0 Å². The van der Waals surface area contributed by atoms with E-state index in [1.807, 2.05) is 12.1 Å². The highest BCUT2D eigenvalue weighted by atomic mass is 16.6. The van der Waals surface area contributed by atoms with E-state index in [2.05, 4.69) is 46.8 Å². The van der Waals surface area contributed by atoms with Gasteiger partial charge in [0.15, 0.2) is 0 Å². The summed E-state index contributed by atoms with van der Waals surface area (Å²) in [6.07, 6.45) is 5.26. The van der Waals surface area contributed by atoms with E-state index < -0.39 is 0 Å². The Balaban J connectivity index is 1.71. The molecule has 0 N–H and O–H groups in total. The predicted octanol–water partition coefficient (Wildman–Crippen LogP) is 5.62. The largest absolute Gasteiger partial charge is 0.497 e. The Morgan fingerprint density at radius 1 is 1.07 bits per heavy atom. The molecule has 7 atom stereocenters. The molecular weight excluding hydrogens is 364 g/mol. The average Bonchev–Trinajstić information content (AvgIpc) is 2.69. The van der Waals surface area contributed by atoms with Gasteiger partial charge in [-0.2, -0.15) is 0 Å². The molecule has 29 heavy (non-hydrogen) atoms. The highest BCUT2D eigenvalue weighted by Crippen LogP contribution is 2.41. The molecule has 1 unspecified atom stereocenters. The first-order valence-corrected chi connectivity index (χ1v) is 11.5. The number of hydrogen-bond donors (Lipinski definition) is 0. The van der Waals surface area contributed by atoms with E-state index in [1.165, 1.54) is 0 Å². The molecule has 0 aromatic heterocycles. The zero-order chi connectivity index (χ0) is 21.0. The molecule has 1 aromatic rings. The zero-order valence-corrected chi connectivity index (χ0v) is 19.1. The van der Waals surface area contributed by atoms with Crippen molar-refractivity contribution in [1.82, 2.24) is 0 Å². The van der Waals surface area contributed by atoms with Crippen LogP contribution in [-0.4, -0.2) is 37.6 Å². The molecule has 2 aliphatic heterocycles. The lowest BCUT2D eigenvalue weighted by Gasteiger charge is -2.51. The van der Waals surface area contributed by atoms with Gasteiger partial charge in [0.25, 0.3) is 0 Å². The third-order valence-corrected chi connectivity index (χ3v) is 6.57. The molecule has 2 fully saturated rings. The van der Waals surface area contributed by atoms with Crippen LogP contribution in [0.2, 0.25) is 0 Å². The van der Waals surface area contributed by atoms with Crippen LogP contribution < -0.4 is 4.74 Å². The van der Waals surface area contributed by atoms with Gasteiger partial charge >= 0.3 is 0 Å². The minimum atomic E-state index is 0.0523. The molecule has 3 rings (SSSR count). The Kier molecular flexibility index (Phi) is 8.00. The van der Waals surface area contributed by atoms with Crippen molar-refractivity contribution in [3.05, 3.63) is 29.8 Å². The van der Waals surface area contributed by atoms with E-state index in [4.69, 9.17) is 18.9 Å². The molecule has 2 saturated heterocycles. The summed E-state index contributed by atoms with van der Waals surface area (Å²) in [5, 5.41) is 0. The van der Waals surface area contributed by atoms with E-state index in [0.29, 0.717) is 30.5 Å². The first-order valence-electron chi connectivity index (χ1n) is 11.5. The second-order valence-electron chi connectivity index (χ2n) is 9.47. The highest BCUT2D eigenvalue weighted by Gasteiger charge is 2.48. The van der Waals surface area contributed by atoms with E-state index >= 15 is 0 Å². The van der Waals surface area contributed by atoms with E-state index in [-0.39, 0.29) is 24.4 Å². The Bertz CT molecular complexity index is 614. The maximum absolute atomic E-state index is 6.64. The van der Waals surface area contributed by atoms with Gasteiger partial charge in [-0.1, -0.05) is 53.2 Å². The lowest BCUT2D eigenvalue weighted by Crippen LogP contribution is -2.59. The fraction of sp³-hybridized carbons (Fsp3) is 0.760. The van der Waals surface area contributed by atoms with Crippen LogP contribution >= 0.6 is 0 Å². The summed E-state index contributed by atoms with van der Waals surface area (Å²) in [5.41, 5.74) is 1.16. The molecule has 2 aliphatic rings. The fourth-order valence-electron chi connectivity index (χ4n) is 4.96. The van der Waals surface area contributed by atoms with Crippen LogP contribution in [0.15, 0.2) is 24.3 Å². The fourth-order valence-corrected chi connectivity index (χ4v) is 4.96. The van der Waals surface area contributed by atoms with Crippen molar-refractivity contribution in [3.8, 4) is 5.75 Å². The molecule has 0 radical (unpaired) electrons. The summed E-state index contributed by atoms with van der Waals surface area (Å²) in [6, 6.07) is 8.12. The smallest absolute Gasteiger partial charge is 0.118 e. The normalized spacial score (nSPS) is 34.8. The maximum atomic E-state index is 6.64. The van der Waals surface area contributed by atoms with Gasteiger partial charge in [0.2, 0.25) is 0 Å². The molecular formula is C25H40O4. The highest BCUT2D eigenvalue weighted by molar-refractivity contribution is 5.26. The van der Waals surface area contributed by atoms with Gasteiger partial charge < -0.3 is 18.9 Å². The topological polar surface area (TPSA) is 36.9 Å². The molecule has 2 heterocycles. The van der Waals surface area contributed by atoms with Gasteiger partial charge in [-0.15, -0.1) is 0 Å². The summed E-state index contributed by atoms with van der Waals surface area (Å²) in [5.74, 6) is 2.32. The molecule has 0 saturated carbocycles. The summed E-state index contributed by atoms with van der Waals surface area (Å²) in [7, 11) is 1.69. The molecule has 4 heteroatoms. The lowest BCUT2D eigenvalue weighted by molar-refractivity contribution is -0.266. The van der Waals surface area contributed by atoms with Crippen molar-refractivity contribution in [2.45, 2.75) is 97.4 Å². The van der Waals surface area contributed by atoms with Crippen LogP contribution in [-0.2, 0) is 20.8 Å². The number of methoxy groups -OCH3 is 1. The van der Waals surface area contributed by atoms with Gasteiger partial charge in [0, 0.05) is 5.92 Å².